The van der Waals surface area contributed by atoms with Crippen molar-refractivity contribution < 1.29 is 22.7 Å². The average Bonchev–Trinajstić information content (AvgIpc) is 3.12. The quantitative estimate of drug-likeness (QED) is 0.561. The van der Waals surface area contributed by atoms with Crippen LogP contribution in [0.1, 0.15) is 34.6 Å². The highest BCUT2D eigenvalue weighted by Gasteiger charge is 2.31. The fraction of sp³-hybridized carbons (Fsp3) is 0.273. The lowest BCUT2D eigenvalue weighted by Gasteiger charge is -2.28. The second-order valence-corrected chi connectivity index (χ2v) is 8.87. The number of aryl methyl sites for hydroxylation is 1. The number of sulfonamides is 1. The molecule has 0 amide bonds. The number of nitrogens with zero attached hydrogens (tertiary/aromatic N) is 2. The van der Waals surface area contributed by atoms with Gasteiger partial charge in [-0.2, -0.15) is 0 Å². The molecule has 0 bridgehead atoms. The summed E-state index contributed by atoms with van der Waals surface area (Å²) in [5, 5.41) is 0.558. The minimum absolute atomic E-state index is 0.242. The molecule has 0 radical (unpaired) electrons. The molecule has 0 saturated heterocycles. The summed E-state index contributed by atoms with van der Waals surface area (Å²) in [6, 6.07) is 12.9. The van der Waals surface area contributed by atoms with Crippen LogP contribution in [0.2, 0.25) is 0 Å². The highest BCUT2D eigenvalue weighted by atomic mass is 32.2. The molecular formula is C22H24N2O5S. The first kappa shape index (κ1) is 21.6. The van der Waals surface area contributed by atoms with Crippen molar-refractivity contribution in [3.05, 3.63) is 65.9 Å². The number of hydrogen-bond donors (Lipinski definition) is 0. The van der Waals surface area contributed by atoms with Gasteiger partial charge in [-0.25, -0.2) is 13.2 Å². The maximum absolute atomic E-state index is 13.4. The van der Waals surface area contributed by atoms with Crippen LogP contribution in [0.3, 0.4) is 0 Å². The zero-order valence-electron chi connectivity index (χ0n) is 17.3. The molecule has 7 nitrogen and oxygen atoms in total. The van der Waals surface area contributed by atoms with Gasteiger partial charge in [-0.3, -0.25) is 13.7 Å². The normalized spacial score (nSPS) is 12.5. The van der Waals surface area contributed by atoms with E-state index in [1.165, 1.54) is 24.8 Å². The van der Waals surface area contributed by atoms with Gasteiger partial charge in [0.05, 0.1) is 30.1 Å². The standard InChI is InChI=1S/C22H24N2O5S/c1-5-16-10-12-17(13-11-16)24(30(4,27)28)15(2)21(25)23-14-19(22(26)29-3)18-8-6-7-9-20(18)23/h6-15H,5H2,1-4H3. The Hall–Kier alpha value is -3.13. The van der Waals surface area contributed by atoms with Crippen LogP contribution in [-0.2, 0) is 21.2 Å². The lowest BCUT2D eigenvalue weighted by molar-refractivity contribution is 0.0603. The Morgan fingerprint density at radius 3 is 2.30 bits per heavy atom. The van der Waals surface area contributed by atoms with E-state index in [9.17, 15) is 18.0 Å². The molecule has 0 spiro atoms. The molecule has 1 unspecified atom stereocenters. The Labute approximate surface area is 175 Å². The topological polar surface area (TPSA) is 85.7 Å². The first-order valence-corrected chi connectivity index (χ1v) is 11.3. The van der Waals surface area contributed by atoms with Crippen LogP contribution in [0.4, 0.5) is 5.69 Å². The van der Waals surface area contributed by atoms with Crippen LogP contribution in [0.15, 0.2) is 54.7 Å². The molecule has 3 aromatic rings. The smallest absolute Gasteiger partial charge is 0.340 e. The van der Waals surface area contributed by atoms with E-state index in [-0.39, 0.29) is 5.56 Å². The maximum atomic E-state index is 13.4. The monoisotopic (exact) mass is 428 g/mol. The molecule has 0 fully saturated rings. The van der Waals surface area contributed by atoms with Crippen molar-refractivity contribution in [3.8, 4) is 0 Å². The number of fused-ring (bicyclic) bond motifs is 1. The third-order valence-corrected chi connectivity index (χ3v) is 6.26. The van der Waals surface area contributed by atoms with Crippen LogP contribution < -0.4 is 4.31 Å². The van der Waals surface area contributed by atoms with Gasteiger partial charge in [-0.1, -0.05) is 37.3 Å². The number of hydrogen-bond acceptors (Lipinski definition) is 5. The molecule has 8 heteroatoms. The molecule has 0 aliphatic rings. The van der Waals surface area contributed by atoms with E-state index >= 15 is 0 Å². The number of carbonyl (C=O) groups excluding carboxylic acids is 2. The van der Waals surface area contributed by atoms with Gasteiger partial charge < -0.3 is 4.74 Å². The fourth-order valence-electron chi connectivity index (χ4n) is 3.52. The fourth-order valence-corrected chi connectivity index (χ4v) is 4.69. The van der Waals surface area contributed by atoms with Gasteiger partial charge in [0.25, 0.3) is 5.91 Å². The van der Waals surface area contributed by atoms with Crippen LogP contribution in [0.5, 0.6) is 0 Å². The predicted octanol–water partition coefficient (Wildman–Crippen LogP) is 3.49. The second kappa shape index (κ2) is 8.31. The maximum Gasteiger partial charge on any atom is 0.340 e. The van der Waals surface area contributed by atoms with Crippen molar-refractivity contribution in [1.82, 2.24) is 4.57 Å². The summed E-state index contributed by atoms with van der Waals surface area (Å²) in [6.07, 6.45) is 3.29. The van der Waals surface area contributed by atoms with Gasteiger partial charge in [0.15, 0.2) is 0 Å². The summed E-state index contributed by atoms with van der Waals surface area (Å²) >= 11 is 0. The molecule has 3 rings (SSSR count). The largest absolute Gasteiger partial charge is 0.465 e. The zero-order valence-corrected chi connectivity index (χ0v) is 18.1. The molecule has 1 heterocycles. The number of ether oxygens (including phenoxy) is 1. The number of rotatable bonds is 6. The Bertz CT molecular complexity index is 1200. The van der Waals surface area contributed by atoms with Crippen LogP contribution in [0, 0.1) is 0 Å². The van der Waals surface area contributed by atoms with Gasteiger partial charge in [0.2, 0.25) is 10.0 Å². The van der Waals surface area contributed by atoms with Crippen LogP contribution >= 0.6 is 0 Å². The molecule has 0 saturated carbocycles. The zero-order chi connectivity index (χ0) is 22.1. The van der Waals surface area contributed by atoms with Gasteiger partial charge in [0.1, 0.15) is 6.04 Å². The first-order valence-electron chi connectivity index (χ1n) is 9.50. The minimum atomic E-state index is -3.75. The lowest BCUT2D eigenvalue weighted by atomic mass is 10.1. The second-order valence-electron chi connectivity index (χ2n) is 7.01. The molecule has 0 aliphatic heterocycles. The summed E-state index contributed by atoms with van der Waals surface area (Å²) in [6.45, 7) is 3.54. The third kappa shape index (κ3) is 3.95. The molecule has 158 valence electrons. The number of aromatic nitrogens is 1. The number of methoxy groups -OCH3 is 1. The van der Waals surface area contributed by atoms with Crippen LogP contribution in [0.25, 0.3) is 10.9 Å². The molecule has 1 aromatic heterocycles. The summed E-state index contributed by atoms with van der Waals surface area (Å²) < 4.78 is 32.4. The van der Waals surface area contributed by atoms with Crippen molar-refractivity contribution in [3.63, 3.8) is 0 Å². The minimum Gasteiger partial charge on any atom is -0.465 e. The van der Waals surface area contributed by atoms with E-state index in [4.69, 9.17) is 4.74 Å². The van der Waals surface area contributed by atoms with Crippen molar-refractivity contribution in [2.45, 2.75) is 26.3 Å². The Morgan fingerprint density at radius 1 is 1.10 bits per heavy atom. The van der Waals surface area contributed by atoms with Gasteiger partial charge >= 0.3 is 5.97 Å². The number of anilines is 1. The number of para-hydroxylation sites is 1. The van der Waals surface area contributed by atoms with E-state index in [0.29, 0.717) is 16.6 Å². The highest BCUT2D eigenvalue weighted by Crippen LogP contribution is 2.26. The first-order chi connectivity index (χ1) is 14.2. The van der Waals surface area contributed by atoms with Crippen molar-refractivity contribution in [1.29, 1.82) is 0 Å². The third-order valence-electron chi connectivity index (χ3n) is 5.02. The van der Waals surface area contributed by atoms with Gasteiger partial charge in [0, 0.05) is 11.6 Å². The van der Waals surface area contributed by atoms with Gasteiger partial charge in [-0.05, 0) is 37.1 Å². The van der Waals surface area contributed by atoms with E-state index in [0.717, 1.165) is 22.5 Å². The SMILES string of the molecule is CCc1ccc(N(C(C)C(=O)n2cc(C(=O)OC)c3ccccc32)S(C)(=O)=O)cc1. The molecule has 2 aromatic carbocycles. The lowest BCUT2D eigenvalue weighted by Crippen LogP contribution is -2.44. The molecule has 30 heavy (non-hydrogen) atoms. The van der Waals surface area contributed by atoms with Crippen LogP contribution in [-0.4, -0.2) is 44.3 Å². The molecule has 0 aliphatic carbocycles. The highest BCUT2D eigenvalue weighted by molar-refractivity contribution is 7.92. The number of carbonyl (C=O) groups is 2. The van der Waals surface area contributed by atoms with E-state index in [2.05, 4.69) is 0 Å². The number of benzene rings is 2. The molecule has 0 N–H and O–H groups in total. The van der Waals surface area contributed by atoms with Crippen molar-refractivity contribution in [2.75, 3.05) is 17.7 Å². The van der Waals surface area contributed by atoms with E-state index < -0.39 is 27.9 Å². The van der Waals surface area contributed by atoms with E-state index in [1.807, 2.05) is 19.1 Å². The molecule has 1 atom stereocenters. The van der Waals surface area contributed by atoms with Gasteiger partial charge in [-0.15, -0.1) is 0 Å². The predicted molar refractivity (Wildman–Crippen MR) is 117 cm³/mol. The number of esters is 1. The van der Waals surface area contributed by atoms with E-state index in [1.54, 1.807) is 36.4 Å². The van der Waals surface area contributed by atoms with Crippen molar-refractivity contribution in [2.24, 2.45) is 0 Å². The Morgan fingerprint density at radius 2 is 1.73 bits per heavy atom. The Balaban J connectivity index is 2.09. The Kier molecular flexibility index (Phi) is 5.98. The van der Waals surface area contributed by atoms with Crippen molar-refractivity contribution >= 4 is 38.5 Å². The summed E-state index contributed by atoms with van der Waals surface area (Å²) in [4.78, 5) is 25.5. The average molecular weight is 429 g/mol. The summed E-state index contributed by atoms with van der Waals surface area (Å²) in [5.74, 6) is -1.05. The molecular weight excluding hydrogens is 404 g/mol. The summed E-state index contributed by atoms with van der Waals surface area (Å²) in [5.41, 5.74) is 2.21. The summed E-state index contributed by atoms with van der Waals surface area (Å²) in [7, 11) is -2.48.